The molecule has 3 amide bonds. The fourth-order valence-electron chi connectivity index (χ4n) is 4.36. The number of benzene rings is 2. The summed E-state index contributed by atoms with van der Waals surface area (Å²) in [6, 6.07) is 12.9. The number of carbonyl (C=O) groups is 3. The highest BCUT2D eigenvalue weighted by molar-refractivity contribution is 5.92. The molecule has 4 rings (SSSR count). The monoisotopic (exact) mass is 478 g/mol. The van der Waals surface area contributed by atoms with Crippen molar-refractivity contribution in [1.82, 2.24) is 25.6 Å². The SMILES string of the molecule is NNC(=O)C(Cc1cnc[nH]1)NC(=O)C(CC(=O)N1CCOCC1)Cc1cccc2ccccc12. The molecule has 0 radical (unpaired) electrons. The number of rotatable bonds is 9. The van der Waals surface area contributed by atoms with Crippen molar-refractivity contribution in [2.45, 2.75) is 25.3 Å². The number of morpholine rings is 1. The standard InChI is InChI=1S/C25H30N6O4/c26-30-25(34)22(14-20-15-27-16-28-20)29-24(33)19(13-23(32)31-8-10-35-11-9-31)12-18-6-3-5-17-4-1-2-7-21(17)18/h1-7,15-16,19,22H,8-14,26H2,(H,27,28)(H,29,33)(H,30,34). The molecule has 0 bridgehead atoms. The number of ether oxygens (including phenoxy) is 1. The molecule has 2 unspecified atom stereocenters. The second kappa shape index (κ2) is 11.6. The van der Waals surface area contributed by atoms with E-state index in [1.807, 2.05) is 42.5 Å². The molecule has 1 aliphatic heterocycles. The van der Waals surface area contributed by atoms with Crippen LogP contribution in [0.3, 0.4) is 0 Å². The van der Waals surface area contributed by atoms with Gasteiger partial charge in [-0.25, -0.2) is 10.8 Å². The lowest BCUT2D eigenvalue weighted by molar-refractivity contribution is -0.140. The predicted octanol–water partition coefficient (Wildman–Crippen LogP) is 0.688. The van der Waals surface area contributed by atoms with Gasteiger partial charge in [-0.05, 0) is 22.8 Å². The number of amides is 3. The van der Waals surface area contributed by atoms with E-state index >= 15 is 0 Å². The fourth-order valence-corrected chi connectivity index (χ4v) is 4.36. The van der Waals surface area contributed by atoms with Gasteiger partial charge in [0, 0.05) is 37.8 Å². The number of nitrogens with zero attached hydrogens (tertiary/aromatic N) is 2. The van der Waals surface area contributed by atoms with Gasteiger partial charge >= 0.3 is 0 Å². The zero-order valence-corrected chi connectivity index (χ0v) is 19.4. The second-order valence-electron chi connectivity index (χ2n) is 8.59. The summed E-state index contributed by atoms with van der Waals surface area (Å²) in [6.45, 7) is 1.96. The van der Waals surface area contributed by atoms with Crippen molar-refractivity contribution >= 4 is 28.5 Å². The van der Waals surface area contributed by atoms with Crippen LogP contribution in [0.4, 0.5) is 0 Å². The van der Waals surface area contributed by atoms with E-state index in [0.717, 1.165) is 16.3 Å². The normalized spacial score (nSPS) is 15.4. The van der Waals surface area contributed by atoms with Gasteiger partial charge in [0.25, 0.3) is 5.91 Å². The number of hydrogen-bond donors (Lipinski definition) is 4. The lowest BCUT2D eigenvalue weighted by Crippen LogP contribution is -2.52. The van der Waals surface area contributed by atoms with E-state index in [1.165, 1.54) is 6.33 Å². The van der Waals surface area contributed by atoms with Gasteiger partial charge < -0.3 is 19.9 Å². The quantitative estimate of drug-likeness (QED) is 0.202. The highest BCUT2D eigenvalue weighted by Gasteiger charge is 2.30. The van der Waals surface area contributed by atoms with Crippen LogP contribution >= 0.6 is 0 Å². The molecule has 10 nitrogen and oxygen atoms in total. The third kappa shape index (κ3) is 6.23. The first-order valence-corrected chi connectivity index (χ1v) is 11.7. The zero-order chi connectivity index (χ0) is 24.6. The molecule has 5 N–H and O–H groups in total. The van der Waals surface area contributed by atoms with E-state index in [0.29, 0.717) is 38.4 Å². The molecule has 2 atom stereocenters. The molecule has 184 valence electrons. The molecule has 1 saturated heterocycles. The van der Waals surface area contributed by atoms with E-state index in [4.69, 9.17) is 10.6 Å². The number of aromatic amines is 1. The maximum Gasteiger partial charge on any atom is 0.256 e. The number of aromatic nitrogens is 2. The van der Waals surface area contributed by atoms with Crippen molar-refractivity contribution in [2.24, 2.45) is 11.8 Å². The van der Waals surface area contributed by atoms with Crippen molar-refractivity contribution in [2.75, 3.05) is 26.3 Å². The molecule has 2 heterocycles. The topological polar surface area (TPSA) is 142 Å². The van der Waals surface area contributed by atoms with Crippen LogP contribution in [0.25, 0.3) is 10.8 Å². The van der Waals surface area contributed by atoms with Crippen molar-refractivity contribution < 1.29 is 19.1 Å². The maximum absolute atomic E-state index is 13.5. The first-order chi connectivity index (χ1) is 17.0. The first-order valence-electron chi connectivity index (χ1n) is 11.7. The van der Waals surface area contributed by atoms with Gasteiger partial charge in [0.05, 0.1) is 25.5 Å². The fraction of sp³-hybridized carbons (Fsp3) is 0.360. The largest absolute Gasteiger partial charge is 0.378 e. The minimum atomic E-state index is -0.915. The van der Waals surface area contributed by atoms with Crippen molar-refractivity contribution in [3.05, 3.63) is 66.2 Å². The summed E-state index contributed by atoms with van der Waals surface area (Å²) in [7, 11) is 0. The van der Waals surface area contributed by atoms with Crippen molar-refractivity contribution in [3.63, 3.8) is 0 Å². The van der Waals surface area contributed by atoms with Gasteiger partial charge in [-0.15, -0.1) is 0 Å². The van der Waals surface area contributed by atoms with E-state index in [2.05, 4.69) is 20.7 Å². The number of nitrogens with two attached hydrogens (primary N) is 1. The van der Waals surface area contributed by atoms with E-state index in [-0.39, 0.29) is 24.7 Å². The summed E-state index contributed by atoms with van der Waals surface area (Å²) < 4.78 is 5.35. The lowest BCUT2D eigenvalue weighted by Gasteiger charge is -2.29. The summed E-state index contributed by atoms with van der Waals surface area (Å²) in [5, 5.41) is 4.90. The van der Waals surface area contributed by atoms with E-state index in [9.17, 15) is 14.4 Å². The number of H-pyrrole nitrogens is 1. The van der Waals surface area contributed by atoms with Crippen LogP contribution in [0, 0.1) is 5.92 Å². The number of hydrazine groups is 1. The average molecular weight is 479 g/mol. The number of fused-ring (bicyclic) bond motifs is 1. The Morgan fingerprint density at radius 1 is 1.06 bits per heavy atom. The second-order valence-corrected chi connectivity index (χ2v) is 8.59. The van der Waals surface area contributed by atoms with Gasteiger partial charge in [-0.1, -0.05) is 42.5 Å². The maximum atomic E-state index is 13.5. The van der Waals surface area contributed by atoms with Crippen LogP contribution in [0.1, 0.15) is 17.7 Å². The van der Waals surface area contributed by atoms with Crippen LogP contribution < -0.4 is 16.6 Å². The number of carbonyl (C=O) groups excluding carboxylic acids is 3. The molecular weight excluding hydrogens is 448 g/mol. The Bertz CT molecular complexity index is 1150. The lowest BCUT2D eigenvalue weighted by atomic mass is 9.91. The highest BCUT2D eigenvalue weighted by atomic mass is 16.5. The van der Waals surface area contributed by atoms with Crippen LogP contribution in [-0.2, 0) is 32.0 Å². The van der Waals surface area contributed by atoms with Gasteiger partial charge in [-0.3, -0.25) is 19.8 Å². The molecule has 1 aromatic heterocycles. The molecule has 35 heavy (non-hydrogen) atoms. The van der Waals surface area contributed by atoms with Gasteiger partial charge in [0.2, 0.25) is 11.8 Å². The Labute approximate surface area is 203 Å². The third-order valence-corrected chi connectivity index (χ3v) is 6.26. The Balaban J connectivity index is 1.57. The van der Waals surface area contributed by atoms with Gasteiger partial charge in [0.1, 0.15) is 6.04 Å². The van der Waals surface area contributed by atoms with E-state index in [1.54, 1.807) is 11.1 Å². The Morgan fingerprint density at radius 2 is 1.83 bits per heavy atom. The van der Waals surface area contributed by atoms with Gasteiger partial charge in [0.15, 0.2) is 0 Å². The summed E-state index contributed by atoms with van der Waals surface area (Å²) in [5.74, 6) is 3.67. The molecule has 3 aromatic rings. The van der Waals surface area contributed by atoms with Crippen LogP contribution in [0.5, 0.6) is 0 Å². The number of imidazole rings is 1. The Morgan fingerprint density at radius 3 is 2.57 bits per heavy atom. The van der Waals surface area contributed by atoms with Crippen LogP contribution in [-0.4, -0.2) is 64.9 Å². The molecule has 2 aromatic carbocycles. The summed E-state index contributed by atoms with van der Waals surface area (Å²) >= 11 is 0. The molecular formula is C25H30N6O4. The summed E-state index contributed by atoms with van der Waals surface area (Å²) in [4.78, 5) is 47.6. The summed E-state index contributed by atoms with van der Waals surface area (Å²) in [6.07, 6.45) is 3.64. The van der Waals surface area contributed by atoms with Crippen molar-refractivity contribution in [1.29, 1.82) is 0 Å². The minimum Gasteiger partial charge on any atom is -0.378 e. The van der Waals surface area contributed by atoms with Crippen molar-refractivity contribution in [3.8, 4) is 0 Å². The predicted molar refractivity (Wildman–Crippen MR) is 130 cm³/mol. The van der Waals surface area contributed by atoms with Crippen LogP contribution in [0.2, 0.25) is 0 Å². The molecule has 10 heteroatoms. The third-order valence-electron chi connectivity index (χ3n) is 6.26. The zero-order valence-electron chi connectivity index (χ0n) is 19.4. The summed E-state index contributed by atoms with van der Waals surface area (Å²) in [5.41, 5.74) is 3.75. The number of hydrogen-bond acceptors (Lipinski definition) is 6. The number of nitrogens with one attached hydrogen (secondary N) is 3. The highest BCUT2D eigenvalue weighted by Crippen LogP contribution is 2.23. The van der Waals surface area contributed by atoms with E-state index < -0.39 is 17.9 Å². The smallest absolute Gasteiger partial charge is 0.256 e. The van der Waals surface area contributed by atoms with Crippen LogP contribution in [0.15, 0.2) is 55.0 Å². The molecule has 0 spiro atoms. The molecule has 0 saturated carbocycles. The Kier molecular flexibility index (Phi) is 8.07. The molecule has 1 aliphatic rings. The molecule has 0 aliphatic carbocycles. The first kappa shape index (κ1) is 24.4. The minimum absolute atomic E-state index is 0.0239. The van der Waals surface area contributed by atoms with Gasteiger partial charge in [-0.2, -0.15) is 0 Å². The molecule has 1 fully saturated rings. The Hall–Kier alpha value is -3.76. The average Bonchev–Trinajstić information content (AvgIpc) is 3.41.